The minimum Gasteiger partial charge on any atom is -0.497 e. The highest BCUT2D eigenvalue weighted by atomic mass is 16.6. The second kappa shape index (κ2) is 7.83. The van der Waals surface area contributed by atoms with Crippen molar-refractivity contribution < 1.29 is 19.2 Å². The van der Waals surface area contributed by atoms with Crippen LogP contribution in [0.15, 0.2) is 18.2 Å². The van der Waals surface area contributed by atoms with Crippen LogP contribution in [0, 0.1) is 10.1 Å². The lowest BCUT2D eigenvalue weighted by Crippen LogP contribution is -2.36. The standard InChI is InChI=1S/C13H17N3O5/c1-3-14-13(18)15-7-6-12(17)10-8-9(21-2)4-5-11(10)16(19)20/h4-5,8H,3,6-7H2,1-2H3,(H2,14,15,18). The smallest absolute Gasteiger partial charge is 0.314 e. The van der Waals surface area contributed by atoms with Crippen molar-refractivity contribution in [3.05, 3.63) is 33.9 Å². The van der Waals surface area contributed by atoms with Crippen LogP contribution in [0.4, 0.5) is 10.5 Å². The van der Waals surface area contributed by atoms with E-state index in [9.17, 15) is 19.7 Å². The Bertz CT molecular complexity index is 545. The van der Waals surface area contributed by atoms with E-state index in [4.69, 9.17) is 4.74 Å². The van der Waals surface area contributed by atoms with Gasteiger partial charge in [0.05, 0.1) is 17.6 Å². The largest absolute Gasteiger partial charge is 0.497 e. The SMILES string of the molecule is CCNC(=O)NCCC(=O)c1cc(OC)ccc1[N+](=O)[O-]. The van der Waals surface area contributed by atoms with E-state index >= 15 is 0 Å². The number of carbonyl (C=O) groups is 2. The Hall–Kier alpha value is -2.64. The summed E-state index contributed by atoms with van der Waals surface area (Å²) in [6.45, 7) is 2.34. The van der Waals surface area contributed by atoms with Crippen molar-refractivity contribution in [1.82, 2.24) is 10.6 Å². The Balaban J connectivity index is 2.76. The molecule has 0 aliphatic rings. The highest BCUT2D eigenvalue weighted by Gasteiger charge is 2.20. The number of nitro groups is 1. The third-order valence-electron chi connectivity index (χ3n) is 2.68. The third kappa shape index (κ3) is 4.75. The zero-order valence-electron chi connectivity index (χ0n) is 11.8. The van der Waals surface area contributed by atoms with Gasteiger partial charge in [-0.2, -0.15) is 0 Å². The van der Waals surface area contributed by atoms with Gasteiger partial charge in [0.2, 0.25) is 0 Å². The van der Waals surface area contributed by atoms with Crippen LogP contribution in [0.5, 0.6) is 5.75 Å². The number of methoxy groups -OCH3 is 1. The first kappa shape index (κ1) is 16.4. The monoisotopic (exact) mass is 295 g/mol. The molecule has 0 heterocycles. The Kier molecular flexibility index (Phi) is 6.12. The molecule has 1 aromatic carbocycles. The van der Waals surface area contributed by atoms with Gasteiger partial charge in [0.1, 0.15) is 5.75 Å². The van der Waals surface area contributed by atoms with Gasteiger partial charge in [-0.1, -0.05) is 0 Å². The topological polar surface area (TPSA) is 111 Å². The van der Waals surface area contributed by atoms with Crippen LogP contribution in [0.3, 0.4) is 0 Å². The zero-order valence-corrected chi connectivity index (χ0v) is 11.8. The first-order valence-corrected chi connectivity index (χ1v) is 6.37. The van der Waals surface area contributed by atoms with Crippen LogP contribution in [0.2, 0.25) is 0 Å². The highest BCUT2D eigenvalue weighted by Crippen LogP contribution is 2.25. The lowest BCUT2D eigenvalue weighted by Gasteiger charge is -2.07. The zero-order chi connectivity index (χ0) is 15.8. The van der Waals surface area contributed by atoms with Crippen LogP contribution in [-0.2, 0) is 0 Å². The number of urea groups is 1. The molecule has 0 radical (unpaired) electrons. The molecule has 0 fully saturated rings. The number of benzene rings is 1. The summed E-state index contributed by atoms with van der Waals surface area (Å²) in [6.07, 6.45) is -0.0366. The normalized spacial score (nSPS) is 9.81. The summed E-state index contributed by atoms with van der Waals surface area (Å²) in [5, 5.41) is 15.9. The fourth-order valence-corrected chi connectivity index (χ4v) is 1.67. The molecule has 0 atom stereocenters. The molecule has 0 saturated carbocycles. The fourth-order valence-electron chi connectivity index (χ4n) is 1.67. The average molecular weight is 295 g/mol. The first-order chi connectivity index (χ1) is 9.99. The lowest BCUT2D eigenvalue weighted by atomic mass is 10.1. The van der Waals surface area contributed by atoms with E-state index in [-0.39, 0.29) is 30.2 Å². The van der Waals surface area contributed by atoms with E-state index in [0.717, 1.165) is 0 Å². The number of rotatable bonds is 7. The Morgan fingerprint density at radius 3 is 2.62 bits per heavy atom. The Morgan fingerprint density at radius 1 is 1.33 bits per heavy atom. The predicted molar refractivity (Wildman–Crippen MR) is 75.7 cm³/mol. The molecule has 0 aromatic heterocycles. The molecule has 0 saturated heterocycles. The molecule has 0 bridgehead atoms. The summed E-state index contributed by atoms with van der Waals surface area (Å²) in [4.78, 5) is 33.5. The molecule has 0 unspecified atom stereocenters. The summed E-state index contributed by atoms with van der Waals surface area (Å²) < 4.78 is 4.96. The summed E-state index contributed by atoms with van der Waals surface area (Å²) in [7, 11) is 1.41. The molecule has 114 valence electrons. The van der Waals surface area contributed by atoms with Gasteiger partial charge in [0, 0.05) is 25.6 Å². The number of amides is 2. The summed E-state index contributed by atoms with van der Waals surface area (Å²) >= 11 is 0. The van der Waals surface area contributed by atoms with Gasteiger partial charge >= 0.3 is 6.03 Å². The molecule has 0 aliphatic carbocycles. The van der Waals surface area contributed by atoms with Gasteiger partial charge < -0.3 is 15.4 Å². The first-order valence-electron chi connectivity index (χ1n) is 6.37. The molecule has 1 aromatic rings. The molecule has 8 heteroatoms. The van der Waals surface area contributed by atoms with Crippen LogP contribution >= 0.6 is 0 Å². The number of Topliss-reactive ketones (excluding diaryl/α,β-unsaturated/α-hetero) is 1. The molecular formula is C13H17N3O5. The minimum atomic E-state index is -0.621. The number of nitro benzene ring substituents is 1. The maximum atomic E-state index is 12.0. The van der Waals surface area contributed by atoms with Crippen molar-refractivity contribution in [1.29, 1.82) is 0 Å². The van der Waals surface area contributed by atoms with Crippen LogP contribution in [0.1, 0.15) is 23.7 Å². The number of ketones is 1. The number of hydrogen-bond acceptors (Lipinski definition) is 5. The highest BCUT2D eigenvalue weighted by molar-refractivity contribution is 6.00. The number of hydrogen-bond donors (Lipinski definition) is 2. The summed E-state index contributed by atoms with van der Waals surface area (Å²) in [5.74, 6) is -0.0713. The van der Waals surface area contributed by atoms with E-state index in [0.29, 0.717) is 12.3 Å². The molecule has 0 aliphatic heterocycles. The maximum Gasteiger partial charge on any atom is 0.314 e. The van der Waals surface area contributed by atoms with Crippen molar-refractivity contribution in [2.45, 2.75) is 13.3 Å². The molecule has 8 nitrogen and oxygen atoms in total. The van der Waals surface area contributed by atoms with Crippen LogP contribution < -0.4 is 15.4 Å². The number of ether oxygens (including phenoxy) is 1. The number of nitrogens with one attached hydrogen (secondary N) is 2. The van der Waals surface area contributed by atoms with Crippen molar-refractivity contribution in [2.75, 3.05) is 20.2 Å². The minimum absolute atomic E-state index is 0.0305. The van der Waals surface area contributed by atoms with E-state index in [1.165, 1.54) is 25.3 Å². The third-order valence-corrected chi connectivity index (χ3v) is 2.68. The summed E-state index contributed by atoms with van der Waals surface area (Å²) in [6, 6.07) is 3.59. The lowest BCUT2D eigenvalue weighted by molar-refractivity contribution is -0.385. The van der Waals surface area contributed by atoms with Gasteiger partial charge in [-0.15, -0.1) is 0 Å². The summed E-state index contributed by atoms with van der Waals surface area (Å²) in [5.41, 5.74) is -0.309. The van der Waals surface area contributed by atoms with Gasteiger partial charge in [-0.05, 0) is 19.1 Å². The number of nitrogens with zero attached hydrogens (tertiary/aromatic N) is 1. The molecule has 21 heavy (non-hydrogen) atoms. The van der Waals surface area contributed by atoms with Gasteiger partial charge in [-0.3, -0.25) is 14.9 Å². The number of carbonyl (C=O) groups excluding carboxylic acids is 2. The molecule has 2 N–H and O–H groups in total. The van der Waals surface area contributed by atoms with Crippen molar-refractivity contribution in [3.8, 4) is 5.75 Å². The Labute approximate surface area is 121 Å². The molecule has 0 spiro atoms. The van der Waals surface area contributed by atoms with Gasteiger partial charge in [0.25, 0.3) is 5.69 Å². The quantitative estimate of drug-likeness (QED) is 0.450. The van der Waals surface area contributed by atoms with E-state index in [1.807, 2.05) is 0 Å². The predicted octanol–water partition coefficient (Wildman–Crippen LogP) is 1.50. The molecule has 2 amide bonds. The van der Waals surface area contributed by atoms with Crippen molar-refractivity contribution >= 4 is 17.5 Å². The van der Waals surface area contributed by atoms with Gasteiger partial charge in [0.15, 0.2) is 5.78 Å². The van der Waals surface area contributed by atoms with Crippen LogP contribution in [-0.4, -0.2) is 36.9 Å². The maximum absolute atomic E-state index is 12.0. The molecular weight excluding hydrogens is 278 g/mol. The fraction of sp³-hybridized carbons (Fsp3) is 0.385. The second-order valence-corrected chi connectivity index (χ2v) is 4.10. The Morgan fingerprint density at radius 2 is 2.05 bits per heavy atom. The van der Waals surface area contributed by atoms with Crippen molar-refractivity contribution in [2.24, 2.45) is 0 Å². The molecule has 1 rings (SSSR count). The van der Waals surface area contributed by atoms with E-state index in [2.05, 4.69) is 10.6 Å². The van der Waals surface area contributed by atoms with E-state index < -0.39 is 10.7 Å². The second-order valence-electron chi connectivity index (χ2n) is 4.10. The van der Waals surface area contributed by atoms with Crippen LogP contribution in [0.25, 0.3) is 0 Å². The average Bonchev–Trinajstić information content (AvgIpc) is 2.46. The van der Waals surface area contributed by atoms with Gasteiger partial charge in [-0.25, -0.2) is 4.79 Å². The van der Waals surface area contributed by atoms with E-state index in [1.54, 1.807) is 6.92 Å². The van der Waals surface area contributed by atoms with Crippen molar-refractivity contribution in [3.63, 3.8) is 0 Å².